The molecule has 1 N–H and O–H groups in total. The molecule has 1 amide bonds. The maximum Gasteiger partial charge on any atom is 0.424 e. The monoisotopic (exact) mass is 263 g/mol. The van der Waals surface area contributed by atoms with Gasteiger partial charge in [-0.2, -0.15) is 0 Å². The molecule has 1 saturated heterocycles. The Balaban J connectivity index is 1.84. The van der Waals surface area contributed by atoms with Crippen LogP contribution >= 0.6 is 0 Å². The van der Waals surface area contributed by atoms with Gasteiger partial charge >= 0.3 is 6.09 Å². The number of hydrogen-bond acceptors (Lipinski definition) is 5. The van der Waals surface area contributed by atoms with Crippen molar-refractivity contribution in [1.29, 1.82) is 0 Å². The molecule has 0 spiro atoms. The van der Waals surface area contributed by atoms with Crippen molar-refractivity contribution in [2.75, 3.05) is 6.54 Å². The molecule has 1 aliphatic heterocycles. The molecule has 1 aromatic carbocycles. The van der Waals surface area contributed by atoms with Gasteiger partial charge in [-0.25, -0.2) is 15.2 Å². The van der Waals surface area contributed by atoms with Gasteiger partial charge in [0.2, 0.25) is 0 Å². The zero-order valence-electron chi connectivity index (χ0n) is 10.4. The van der Waals surface area contributed by atoms with Crippen LogP contribution < -0.4 is 10.5 Å². The molecule has 0 radical (unpaired) electrons. The first-order chi connectivity index (χ1) is 9.16. The van der Waals surface area contributed by atoms with Gasteiger partial charge in [-0.1, -0.05) is 30.3 Å². The maximum atomic E-state index is 11.8. The van der Waals surface area contributed by atoms with E-state index in [0.717, 1.165) is 5.56 Å². The molecule has 6 nitrogen and oxygen atoms in total. The number of carboxylic acids is 1. The third kappa shape index (κ3) is 3.69. The van der Waals surface area contributed by atoms with Crippen LogP contribution in [0.25, 0.3) is 0 Å². The van der Waals surface area contributed by atoms with E-state index in [2.05, 4.69) is 5.43 Å². The summed E-state index contributed by atoms with van der Waals surface area (Å²) in [5.41, 5.74) is 3.46. The fourth-order valence-electron chi connectivity index (χ4n) is 1.88. The maximum absolute atomic E-state index is 11.8. The first kappa shape index (κ1) is 13.4. The Kier molecular flexibility index (Phi) is 4.35. The van der Waals surface area contributed by atoms with E-state index < -0.39 is 18.1 Å². The van der Waals surface area contributed by atoms with Gasteiger partial charge in [-0.3, -0.25) is 0 Å². The predicted molar refractivity (Wildman–Crippen MR) is 64.5 cm³/mol. The highest BCUT2D eigenvalue weighted by atomic mass is 16.6. The number of hydrogen-bond donors (Lipinski definition) is 1. The van der Waals surface area contributed by atoms with E-state index in [1.54, 1.807) is 0 Å². The van der Waals surface area contributed by atoms with E-state index in [9.17, 15) is 14.7 Å². The summed E-state index contributed by atoms with van der Waals surface area (Å²) in [5, 5.41) is 11.9. The number of carbonyl (C=O) groups is 2. The van der Waals surface area contributed by atoms with Gasteiger partial charge < -0.3 is 14.6 Å². The second-order valence-electron chi connectivity index (χ2n) is 4.33. The number of nitrogens with zero attached hydrogens (tertiary/aromatic N) is 1. The Morgan fingerprint density at radius 1 is 1.37 bits per heavy atom. The Bertz CT molecular complexity index is 449. The molecule has 19 heavy (non-hydrogen) atoms. The molecule has 102 valence electrons. The standard InChI is InChI=1S/C13H16N2O4/c16-12(17)11-7-4-8-15(14-11)13(18)19-9-10-5-2-1-3-6-10/h1-3,5-6,11,14H,4,7-9H2,(H,16,17)/p-1/t11-/m0/s1. The highest BCUT2D eigenvalue weighted by Crippen LogP contribution is 2.09. The summed E-state index contributed by atoms with van der Waals surface area (Å²) in [5.74, 6) is -1.21. The third-order valence-electron chi connectivity index (χ3n) is 2.90. The number of benzene rings is 1. The summed E-state index contributed by atoms with van der Waals surface area (Å²) in [4.78, 5) is 22.5. The third-order valence-corrected chi connectivity index (χ3v) is 2.90. The molecule has 0 aliphatic carbocycles. The molecule has 1 atom stereocenters. The van der Waals surface area contributed by atoms with Crippen LogP contribution in [0.2, 0.25) is 0 Å². The Hall–Kier alpha value is -2.08. The molecule has 0 aromatic heterocycles. The second kappa shape index (κ2) is 6.19. The van der Waals surface area contributed by atoms with Crippen molar-refractivity contribution in [2.45, 2.75) is 25.5 Å². The largest absolute Gasteiger partial charge is 0.548 e. The number of aliphatic carboxylic acids is 1. The number of rotatable bonds is 3. The first-order valence-corrected chi connectivity index (χ1v) is 6.12. The van der Waals surface area contributed by atoms with Crippen LogP contribution in [-0.2, 0) is 16.1 Å². The first-order valence-electron chi connectivity index (χ1n) is 6.12. The molecule has 1 heterocycles. The van der Waals surface area contributed by atoms with Gasteiger partial charge in [0.05, 0.1) is 12.0 Å². The average Bonchev–Trinajstić information content (AvgIpc) is 2.46. The van der Waals surface area contributed by atoms with E-state index in [4.69, 9.17) is 4.74 Å². The van der Waals surface area contributed by atoms with Gasteiger partial charge in [0.25, 0.3) is 0 Å². The summed E-state index contributed by atoms with van der Waals surface area (Å²) in [6.45, 7) is 0.589. The minimum Gasteiger partial charge on any atom is -0.548 e. The predicted octanol–water partition coefficient (Wildman–Crippen LogP) is 0.0421. The number of nitrogens with one attached hydrogen (secondary N) is 1. The molecular weight excluding hydrogens is 248 g/mol. The number of amides is 1. The highest BCUT2D eigenvalue weighted by Gasteiger charge is 2.24. The lowest BCUT2D eigenvalue weighted by atomic mass is 10.1. The minimum atomic E-state index is -1.21. The quantitative estimate of drug-likeness (QED) is 0.832. The van der Waals surface area contributed by atoms with Gasteiger partial charge in [0, 0.05) is 6.54 Å². The van der Waals surface area contributed by atoms with Crippen LogP contribution in [0.5, 0.6) is 0 Å². The molecule has 0 unspecified atom stereocenters. The van der Waals surface area contributed by atoms with Gasteiger partial charge in [-0.15, -0.1) is 0 Å². The second-order valence-corrected chi connectivity index (χ2v) is 4.33. The van der Waals surface area contributed by atoms with Gasteiger partial charge in [-0.05, 0) is 18.4 Å². The van der Waals surface area contributed by atoms with Crippen LogP contribution in [-0.4, -0.2) is 29.7 Å². The van der Waals surface area contributed by atoms with E-state index in [0.29, 0.717) is 19.4 Å². The summed E-state index contributed by atoms with van der Waals surface area (Å²) >= 11 is 0. The lowest BCUT2D eigenvalue weighted by Gasteiger charge is -2.33. The number of ether oxygens (including phenoxy) is 1. The van der Waals surface area contributed by atoms with Crippen LogP contribution in [0, 0.1) is 0 Å². The fraction of sp³-hybridized carbons (Fsp3) is 0.385. The minimum absolute atomic E-state index is 0.161. The summed E-state index contributed by atoms with van der Waals surface area (Å²) < 4.78 is 5.11. The van der Waals surface area contributed by atoms with E-state index in [1.165, 1.54) is 5.01 Å². The summed E-state index contributed by atoms with van der Waals surface area (Å²) in [6.07, 6.45) is 0.478. The topological polar surface area (TPSA) is 81.7 Å². The fourth-order valence-corrected chi connectivity index (χ4v) is 1.88. The number of carbonyl (C=O) groups excluding carboxylic acids is 2. The van der Waals surface area contributed by atoms with Crippen LogP contribution in [0.4, 0.5) is 4.79 Å². The normalized spacial score (nSPS) is 18.9. The van der Waals surface area contributed by atoms with Crippen molar-refractivity contribution in [3.8, 4) is 0 Å². The molecular formula is C13H15N2O4-. The highest BCUT2D eigenvalue weighted by molar-refractivity contribution is 5.73. The van der Waals surface area contributed by atoms with Crippen molar-refractivity contribution in [3.63, 3.8) is 0 Å². The van der Waals surface area contributed by atoms with Crippen molar-refractivity contribution < 1.29 is 19.4 Å². The molecule has 1 aliphatic rings. The number of carboxylic acid groups (broad SMARTS) is 1. The van der Waals surface area contributed by atoms with E-state index in [-0.39, 0.29) is 6.61 Å². The van der Waals surface area contributed by atoms with Crippen molar-refractivity contribution in [1.82, 2.24) is 10.4 Å². The van der Waals surface area contributed by atoms with Crippen molar-refractivity contribution in [2.24, 2.45) is 0 Å². The SMILES string of the molecule is O=C([O-])[C@@H]1CCCN(C(=O)OCc2ccccc2)N1. The Labute approximate surface area is 110 Å². The molecule has 1 fully saturated rings. The van der Waals surface area contributed by atoms with Gasteiger partial charge in [0.15, 0.2) is 0 Å². The summed E-state index contributed by atoms with van der Waals surface area (Å²) in [7, 11) is 0. The lowest BCUT2D eigenvalue weighted by molar-refractivity contribution is -0.310. The number of hydrazine groups is 1. The van der Waals surface area contributed by atoms with Crippen LogP contribution in [0.3, 0.4) is 0 Å². The zero-order chi connectivity index (χ0) is 13.7. The van der Waals surface area contributed by atoms with Crippen molar-refractivity contribution >= 4 is 12.1 Å². The molecule has 2 rings (SSSR count). The van der Waals surface area contributed by atoms with E-state index in [1.807, 2.05) is 30.3 Å². The van der Waals surface area contributed by atoms with Crippen LogP contribution in [0.15, 0.2) is 30.3 Å². The molecule has 6 heteroatoms. The average molecular weight is 263 g/mol. The van der Waals surface area contributed by atoms with Crippen LogP contribution in [0.1, 0.15) is 18.4 Å². The molecule has 0 saturated carbocycles. The Morgan fingerprint density at radius 2 is 2.11 bits per heavy atom. The zero-order valence-corrected chi connectivity index (χ0v) is 10.4. The Morgan fingerprint density at radius 3 is 2.79 bits per heavy atom. The smallest absolute Gasteiger partial charge is 0.424 e. The van der Waals surface area contributed by atoms with Gasteiger partial charge in [0.1, 0.15) is 6.61 Å². The summed E-state index contributed by atoms with van der Waals surface area (Å²) in [6, 6.07) is 8.45. The lowest BCUT2D eigenvalue weighted by Crippen LogP contribution is -2.58. The molecule has 0 bridgehead atoms. The molecule has 1 aromatic rings. The van der Waals surface area contributed by atoms with Crippen molar-refractivity contribution in [3.05, 3.63) is 35.9 Å². The van der Waals surface area contributed by atoms with E-state index >= 15 is 0 Å².